The number of piperazine rings is 1. The molecule has 3 aliphatic rings. The number of rotatable bonds is 3. The summed E-state index contributed by atoms with van der Waals surface area (Å²) in [6.45, 7) is 3.14. The molecule has 1 aliphatic carbocycles. The van der Waals surface area contributed by atoms with Gasteiger partial charge in [-0.15, -0.1) is 0 Å². The lowest BCUT2D eigenvalue weighted by atomic mass is 9.82. The van der Waals surface area contributed by atoms with E-state index in [1.54, 1.807) is 18.2 Å². The van der Waals surface area contributed by atoms with Gasteiger partial charge in [-0.1, -0.05) is 41.9 Å². The van der Waals surface area contributed by atoms with Gasteiger partial charge in [0.15, 0.2) is 5.76 Å². The van der Waals surface area contributed by atoms with Crippen molar-refractivity contribution in [1.82, 2.24) is 10.2 Å². The zero-order chi connectivity index (χ0) is 22.8. The Morgan fingerprint density at radius 3 is 2.45 bits per heavy atom. The summed E-state index contributed by atoms with van der Waals surface area (Å²) in [5.41, 5.74) is 2.07. The fourth-order valence-electron chi connectivity index (χ4n) is 5.01. The molecule has 0 spiro atoms. The minimum atomic E-state index is -0.226. The van der Waals surface area contributed by atoms with Gasteiger partial charge in [0.25, 0.3) is 5.91 Å². The number of ether oxygens (including phenoxy) is 1. The van der Waals surface area contributed by atoms with E-state index in [1.165, 1.54) is 5.69 Å². The summed E-state index contributed by atoms with van der Waals surface area (Å²) < 4.78 is 6.06. The molecule has 0 aromatic heterocycles. The summed E-state index contributed by atoms with van der Waals surface area (Å²) in [7, 11) is 0. The van der Waals surface area contributed by atoms with Crippen molar-refractivity contribution in [2.75, 3.05) is 31.1 Å². The van der Waals surface area contributed by atoms with E-state index in [1.807, 2.05) is 35.2 Å². The Labute approximate surface area is 199 Å². The molecule has 2 saturated heterocycles. The van der Waals surface area contributed by atoms with E-state index in [-0.39, 0.29) is 29.9 Å². The number of benzene rings is 2. The van der Waals surface area contributed by atoms with Gasteiger partial charge in [0.05, 0.1) is 6.04 Å². The predicted octanol–water partition coefficient (Wildman–Crippen LogP) is 3.71. The van der Waals surface area contributed by atoms with Crippen LogP contribution in [-0.4, -0.2) is 55.0 Å². The van der Waals surface area contributed by atoms with Crippen LogP contribution >= 0.6 is 11.6 Å². The highest BCUT2D eigenvalue weighted by Gasteiger charge is 2.41. The molecule has 3 atom stereocenters. The Balaban J connectivity index is 1.17. The van der Waals surface area contributed by atoms with Crippen LogP contribution in [0.25, 0.3) is 6.08 Å². The van der Waals surface area contributed by atoms with Crippen LogP contribution in [0.5, 0.6) is 0 Å². The van der Waals surface area contributed by atoms with Gasteiger partial charge in [-0.05, 0) is 55.2 Å². The van der Waals surface area contributed by atoms with Crippen molar-refractivity contribution in [1.29, 1.82) is 0 Å². The van der Waals surface area contributed by atoms with Gasteiger partial charge in [0, 0.05) is 42.8 Å². The van der Waals surface area contributed by atoms with Crippen molar-refractivity contribution in [2.24, 2.45) is 5.92 Å². The standard InChI is InChI=1S/C26H28ClN3O3/c27-20-9-6-18(7-10-20)16-24-25(31)28-22-17-19(8-11-23(22)33-24)26(32)30-14-12-29(13-15-30)21-4-2-1-3-5-21/h1-7,9-10,16,19,22-23H,8,11-15,17H2,(H,28,31)/b24-16-. The lowest BCUT2D eigenvalue weighted by Crippen LogP contribution is -2.56. The molecule has 3 unspecified atom stereocenters. The van der Waals surface area contributed by atoms with Gasteiger partial charge >= 0.3 is 0 Å². The molecule has 0 bridgehead atoms. The molecule has 0 radical (unpaired) electrons. The molecule has 6 nitrogen and oxygen atoms in total. The molecule has 2 aromatic carbocycles. The van der Waals surface area contributed by atoms with Crippen LogP contribution < -0.4 is 10.2 Å². The van der Waals surface area contributed by atoms with Gasteiger partial charge in [-0.2, -0.15) is 0 Å². The van der Waals surface area contributed by atoms with Crippen LogP contribution in [-0.2, 0) is 14.3 Å². The first-order valence-electron chi connectivity index (χ1n) is 11.6. The third-order valence-corrected chi connectivity index (χ3v) is 7.09. The molecule has 1 N–H and O–H groups in total. The second-order valence-electron chi connectivity index (χ2n) is 8.95. The monoisotopic (exact) mass is 465 g/mol. The Morgan fingerprint density at radius 1 is 1.00 bits per heavy atom. The molecule has 3 fully saturated rings. The highest BCUT2D eigenvalue weighted by atomic mass is 35.5. The van der Waals surface area contributed by atoms with Crippen LogP contribution in [0.1, 0.15) is 24.8 Å². The van der Waals surface area contributed by atoms with Crippen molar-refractivity contribution < 1.29 is 14.3 Å². The highest BCUT2D eigenvalue weighted by molar-refractivity contribution is 6.30. The Hall–Kier alpha value is -2.99. The average molecular weight is 466 g/mol. The van der Waals surface area contributed by atoms with Crippen molar-refractivity contribution in [3.05, 3.63) is 70.9 Å². The molecular weight excluding hydrogens is 438 g/mol. The van der Waals surface area contributed by atoms with Gasteiger partial charge < -0.3 is 19.9 Å². The fraction of sp³-hybridized carbons (Fsp3) is 0.385. The van der Waals surface area contributed by atoms with Crippen LogP contribution in [0.15, 0.2) is 60.4 Å². The first-order valence-corrected chi connectivity index (χ1v) is 12.0. The van der Waals surface area contributed by atoms with E-state index in [0.29, 0.717) is 17.2 Å². The number of halogens is 1. The Morgan fingerprint density at radius 2 is 1.73 bits per heavy atom. The number of para-hydroxylation sites is 1. The third-order valence-electron chi connectivity index (χ3n) is 6.84. The summed E-state index contributed by atoms with van der Waals surface area (Å²) in [6.07, 6.45) is 3.81. The number of carbonyl (C=O) groups excluding carboxylic acids is 2. The molecule has 5 rings (SSSR count). The fourth-order valence-corrected chi connectivity index (χ4v) is 5.13. The first-order chi connectivity index (χ1) is 16.1. The maximum Gasteiger partial charge on any atom is 0.286 e. The first kappa shape index (κ1) is 21.8. The summed E-state index contributed by atoms with van der Waals surface area (Å²) in [4.78, 5) is 30.2. The lowest BCUT2D eigenvalue weighted by molar-refractivity contribution is -0.141. The summed E-state index contributed by atoms with van der Waals surface area (Å²) in [6, 6.07) is 17.5. The Bertz CT molecular complexity index is 1030. The Kier molecular flexibility index (Phi) is 6.27. The topological polar surface area (TPSA) is 61.9 Å². The largest absolute Gasteiger partial charge is 0.483 e. The molecule has 1 saturated carbocycles. The third kappa shape index (κ3) is 4.86. The summed E-state index contributed by atoms with van der Waals surface area (Å²) in [5.74, 6) is 0.231. The van der Waals surface area contributed by atoms with E-state index in [2.05, 4.69) is 22.3 Å². The second kappa shape index (κ2) is 9.48. The zero-order valence-electron chi connectivity index (χ0n) is 18.5. The molecule has 172 valence electrons. The van der Waals surface area contributed by atoms with Crippen LogP contribution in [0.3, 0.4) is 0 Å². The van der Waals surface area contributed by atoms with Crippen LogP contribution in [0.2, 0.25) is 5.02 Å². The SMILES string of the molecule is O=C1NC2CC(C(=O)N3CCN(c4ccccc4)CC3)CCC2O/C1=C\c1ccc(Cl)cc1. The minimum absolute atomic E-state index is 0.0692. The van der Waals surface area contributed by atoms with Crippen molar-refractivity contribution in [2.45, 2.75) is 31.4 Å². The zero-order valence-corrected chi connectivity index (χ0v) is 19.2. The number of fused-ring (bicyclic) bond motifs is 1. The second-order valence-corrected chi connectivity index (χ2v) is 9.39. The van der Waals surface area contributed by atoms with Crippen LogP contribution in [0.4, 0.5) is 5.69 Å². The molecule has 2 heterocycles. The molecule has 7 heteroatoms. The van der Waals surface area contributed by atoms with Gasteiger partial charge in [-0.3, -0.25) is 9.59 Å². The van der Waals surface area contributed by atoms with E-state index in [0.717, 1.165) is 44.6 Å². The van der Waals surface area contributed by atoms with E-state index in [9.17, 15) is 9.59 Å². The molecular formula is C26H28ClN3O3. The lowest BCUT2D eigenvalue weighted by Gasteiger charge is -2.42. The highest BCUT2D eigenvalue weighted by Crippen LogP contribution is 2.33. The van der Waals surface area contributed by atoms with Gasteiger partial charge in [0.2, 0.25) is 5.91 Å². The number of carbonyl (C=O) groups is 2. The van der Waals surface area contributed by atoms with E-state index < -0.39 is 0 Å². The average Bonchev–Trinajstić information content (AvgIpc) is 2.86. The quantitative estimate of drug-likeness (QED) is 0.702. The molecule has 2 aromatic rings. The number of hydrogen-bond acceptors (Lipinski definition) is 4. The number of nitrogens with one attached hydrogen (secondary N) is 1. The molecule has 2 amide bonds. The number of hydrogen-bond donors (Lipinski definition) is 1. The van der Waals surface area contributed by atoms with E-state index >= 15 is 0 Å². The summed E-state index contributed by atoms with van der Waals surface area (Å²) in [5, 5.41) is 3.73. The summed E-state index contributed by atoms with van der Waals surface area (Å²) >= 11 is 5.94. The maximum atomic E-state index is 13.2. The smallest absolute Gasteiger partial charge is 0.286 e. The van der Waals surface area contributed by atoms with E-state index in [4.69, 9.17) is 16.3 Å². The number of nitrogens with zero attached hydrogens (tertiary/aromatic N) is 2. The minimum Gasteiger partial charge on any atom is -0.483 e. The van der Waals surface area contributed by atoms with Crippen molar-refractivity contribution in [3.63, 3.8) is 0 Å². The normalized spacial score (nSPS) is 26.4. The molecule has 33 heavy (non-hydrogen) atoms. The molecule has 2 aliphatic heterocycles. The van der Waals surface area contributed by atoms with Crippen molar-refractivity contribution in [3.8, 4) is 0 Å². The number of morpholine rings is 1. The van der Waals surface area contributed by atoms with Crippen molar-refractivity contribution >= 4 is 35.2 Å². The van der Waals surface area contributed by atoms with Gasteiger partial charge in [0.1, 0.15) is 6.10 Å². The number of anilines is 1. The predicted molar refractivity (Wildman–Crippen MR) is 129 cm³/mol. The maximum absolute atomic E-state index is 13.2. The number of amides is 2. The van der Waals surface area contributed by atoms with Gasteiger partial charge in [-0.25, -0.2) is 0 Å². The van der Waals surface area contributed by atoms with Crippen LogP contribution in [0, 0.1) is 5.92 Å².